The van der Waals surface area contributed by atoms with Crippen LogP contribution in [0, 0.1) is 6.92 Å². The average Bonchev–Trinajstić information content (AvgIpc) is 2.88. The largest absolute Gasteiger partial charge is 0.490 e. The van der Waals surface area contributed by atoms with Gasteiger partial charge < -0.3 is 9.47 Å². The summed E-state index contributed by atoms with van der Waals surface area (Å²) in [6, 6.07) is 3.81. The molecule has 7 heteroatoms. The summed E-state index contributed by atoms with van der Waals surface area (Å²) in [7, 11) is 0. The summed E-state index contributed by atoms with van der Waals surface area (Å²) in [5.74, 6) is 1.42. The van der Waals surface area contributed by atoms with Crippen LogP contribution in [0.1, 0.15) is 32.0 Å². The zero-order valence-electron chi connectivity index (χ0n) is 13.6. The van der Waals surface area contributed by atoms with Crippen molar-refractivity contribution in [1.29, 1.82) is 0 Å². The summed E-state index contributed by atoms with van der Waals surface area (Å²) in [5.41, 5.74) is 4.79. The highest BCUT2D eigenvalue weighted by atomic mass is 79.9. The summed E-state index contributed by atoms with van der Waals surface area (Å²) >= 11 is 5.06. The Kier molecular flexibility index (Phi) is 6.41. The van der Waals surface area contributed by atoms with Crippen molar-refractivity contribution in [2.45, 2.75) is 33.8 Å². The first kappa shape index (κ1) is 17.7. The van der Waals surface area contributed by atoms with Gasteiger partial charge in [0.1, 0.15) is 0 Å². The Bertz CT molecular complexity index is 686. The SMILES string of the molecule is CCOc1cc(C=NNc2nc(C)cs2)c(Br)cc1OC(C)C. The predicted molar refractivity (Wildman–Crippen MR) is 99.1 cm³/mol. The highest BCUT2D eigenvalue weighted by Gasteiger charge is 2.11. The van der Waals surface area contributed by atoms with Crippen molar-refractivity contribution in [3.05, 3.63) is 33.2 Å². The number of rotatable bonds is 7. The van der Waals surface area contributed by atoms with Gasteiger partial charge in [0.15, 0.2) is 11.5 Å². The molecule has 2 aromatic rings. The number of thiazole rings is 1. The number of hydrogen-bond donors (Lipinski definition) is 1. The number of nitrogens with one attached hydrogen (secondary N) is 1. The van der Waals surface area contributed by atoms with Gasteiger partial charge in [0.25, 0.3) is 0 Å². The monoisotopic (exact) mass is 397 g/mol. The summed E-state index contributed by atoms with van der Waals surface area (Å²) in [6.45, 7) is 8.44. The summed E-state index contributed by atoms with van der Waals surface area (Å²) in [5, 5.41) is 6.96. The highest BCUT2D eigenvalue weighted by Crippen LogP contribution is 2.34. The van der Waals surface area contributed by atoms with E-state index in [1.165, 1.54) is 11.3 Å². The summed E-state index contributed by atoms with van der Waals surface area (Å²) in [6.07, 6.45) is 1.80. The van der Waals surface area contributed by atoms with E-state index in [1.807, 2.05) is 45.2 Å². The molecule has 0 aliphatic carbocycles. The zero-order valence-corrected chi connectivity index (χ0v) is 16.0. The van der Waals surface area contributed by atoms with Gasteiger partial charge in [0, 0.05) is 15.4 Å². The van der Waals surface area contributed by atoms with Crippen molar-refractivity contribution in [2.24, 2.45) is 5.10 Å². The third-order valence-electron chi connectivity index (χ3n) is 2.71. The van der Waals surface area contributed by atoms with E-state index in [2.05, 4.69) is 31.4 Å². The van der Waals surface area contributed by atoms with Crippen LogP contribution in [-0.4, -0.2) is 23.9 Å². The average molecular weight is 398 g/mol. The van der Waals surface area contributed by atoms with Crippen molar-refractivity contribution in [1.82, 2.24) is 4.98 Å². The lowest BCUT2D eigenvalue weighted by atomic mass is 10.2. The van der Waals surface area contributed by atoms with Gasteiger partial charge in [0.05, 0.1) is 24.6 Å². The molecule has 0 saturated carbocycles. The second-order valence-electron chi connectivity index (χ2n) is 5.08. The lowest BCUT2D eigenvalue weighted by Gasteiger charge is -2.15. The Morgan fingerprint density at radius 3 is 2.78 bits per heavy atom. The van der Waals surface area contributed by atoms with Crippen LogP contribution in [0.5, 0.6) is 11.5 Å². The maximum Gasteiger partial charge on any atom is 0.203 e. The van der Waals surface area contributed by atoms with E-state index in [1.54, 1.807) is 6.21 Å². The van der Waals surface area contributed by atoms with Gasteiger partial charge in [-0.25, -0.2) is 4.98 Å². The normalized spacial score (nSPS) is 11.2. The highest BCUT2D eigenvalue weighted by molar-refractivity contribution is 9.10. The molecule has 0 unspecified atom stereocenters. The number of hydrazone groups is 1. The van der Waals surface area contributed by atoms with Crippen LogP contribution in [0.25, 0.3) is 0 Å². The molecule has 23 heavy (non-hydrogen) atoms. The molecular weight excluding hydrogens is 378 g/mol. The van der Waals surface area contributed by atoms with E-state index in [9.17, 15) is 0 Å². The molecule has 1 heterocycles. The molecule has 5 nitrogen and oxygen atoms in total. The van der Waals surface area contributed by atoms with Gasteiger partial charge in [-0.05, 0) is 55.8 Å². The van der Waals surface area contributed by atoms with Crippen molar-refractivity contribution >= 4 is 38.6 Å². The van der Waals surface area contributed by atoms with E-state index in [0.717, 1.165) is 26.6 Å². The number of ether oxygens (including phenoxy) is 2. The molecule has 0 amide bonds. The lowest BCUT2D eigenvalue weighted by Crippen LogP contribution is -2.08. The number of aromatic nitrogens is 1. The molecule has 0 aliphatic rings. The second-order valence-corrected chi connectivity index (χ2v) is 6.80. The number of nitrogens with zero attached hydrogens (tertiary/aromatic N) is 2. The van der Waals surface area contributed by atoms with Crippen molar-refractivity contribution in [3.8, 4) is 11.5 Å². The Hall–Kier alpha value is -1.60. The van der Waals surface area contributed by atoms with Gasteiger partial charge in [-0.3, -0.25) is 5.43 Å². The Balaban J connectivity index is 2.18. The first-order valence-electron chi connectivity index (χ1n) is 7.33. The molecule has 0 spiro atoms. The molecule has 0 atom stereocenters. The quantitative estimate of drug-likeness (QED) is 0.535. The number of benzene rings is 1. The molecule has 0 fully saturated rings. The van der Waals surface area contributed by atoms with Crippen LogP contribution in [-0.2, 0) is 0 Å². The van der Waals surface area contributed by atoms with Crippen molar-refractivity contribution < 1.29 is 9.47 Å². The minimum atomic E-state index is 0.0791. The lowest BCUT2D eigenvalue weighted by molar-refractivity contribution is 0.223. The molecule has 0 radical (unpaired) electrons. The van der Waals surface area contributed by atoms with E-state index in [4.69, 9.17) is 9.47 Å². The maximum absolute atomic E-state index is 5.79. The number of anilines is 1. The maximum atomic E-state index is 5.79. The fourth-order valence-corrected chi connectivity index (χ4v) is 2.89. The second kappa shape index (κ2) is 8.31. The van der Waals surface area contributed by atoms with Crippen molar-refractivity contribution in [2.75, 3.05) is 12.0 Å². The smallest absolute Gasteiger partial charge is 0.203 e. The first-order chi connectivity index (χ1) is 11.0. The zero-order chi connectivity index (χ0) is 16.8. The van der Waals surface area contributed by atoms with Crippen molar-refractivity contribution in [3.63, 3.8) is 0 Å². The molecule has 1 aromatic heterocycles. The fourth-order valence-electron chi connectivity index (χ4n) is 1.83. The van der Waals surface area contributed by atoms with Gasteiger partial charge in [-0.15, -0.1) is 11.3 Å². The fraction of sp³-hybridized carbons (Fsp3) is 0.375. The molecule has 0 bridgehead atoms. The van der Waals surface area contributed by atoms with E-state index >= 15 is 0 Å². The minimum Gasteiger partial charge on any atom is -0.490 e. The number of aryl methyl sites for hydroxylation is 1. The standard InChI is InChI=1S/C16H20BrN3O2S/c1-5-21-14-6-12(13(17)7-15(14)22-10(2)3)8-18-20-16-19-11(4)9-23-16/h6-10H,5H2,1-4H3,(H,19,20). The van der Waals surface area contributed by atoms with Gasteiger partial charge in [0.2, 0.25) is 5.13 Å². The van der Waals surface area contributed by atoms with Gasteiger partial charge >= 0.3 is 0 Å². The Labute approximate surface area is 148 Å². The molecule has 124 valence electrons. The molecule has 1 aromatic carbocycles. The van der Waals surface area contributed by atoms with Gasteiger partial charge in [-0.1, -0.05) is 0 Å². The van der Waals surface area contributed by atoms with E-state index in [0.29, 0.717) is 12.4 Å². The summed E-state index contributed by atoms with van der Waals surface area (Å²) in [4.78, 5) is 4.30. The molecule has 1 N–H and O–H groups in total. The molecule has 2 rings (SSSR count). The van der Waals surface area contributed by atoms with Gasteiger partial charge in [-0.2, -0.15) is 5.10 Å². The Morgan fingerprint density at radius 1 is 1.39 bits per heavy atom. The van der Waals surface area contributed by atoms with Crippen LogP contribution >= 0.6 is 27.3 Å². The third-order valence-corrected chi connectivity index (χ3v) is 4.26. The predicted octanol–water partition coefficient (Wildman–Crippen LogP) is 4.85. The third kappa shape index (κ3) is 5.21. The first-order valence-corrected chi connectivity index (χ1v) is 9.01. The van der Waals surface area contributed by atoms with Crippen LogP contribution in [0.4, 0.5) is 5.13 Å². The minimum absolute atomic E-state index is 0.0791. The Morgan fingerprint density at radius 2 is 2.17 bits per heavy atom. The topological polar surface area (TPSA) is 55.7 Å². The molecular formula is C16H20BrN3O2S. The molecule has 0 aliphatic heterocycles. The van der Waals surface area contributed by atoms with Crippen LogP contribution in [0.15, 0.2) is 27.1 Å². The van der Waals surface area contributed by atoms with Crippen LogP contribution in [0.3, 0.4) is 0 Å². The van der Waals surface area contributed by atoms with Crippen LogP contribution in [0.2, 0.25) is 0 Å². The van der Waals surface area contributed by atoms with E-state index < -0.39 is 0 Å². The number of halogens is 1. The summed E-state index contributed by atoms with van der Waals surface area (Å²) < 4.78 is 12.3. The van der Waals surface area contributed by atoms with E-state index in [-0.39, 0.29) is 6.10 Å². The van der Waals surface area contributed by atoms with Crippen LogP contribution < -0.4 is 14.9 Å². The number of hydrogen-bond acceptors (Lipinski definition) is 6. The molecule has 0 saturated heterocycles.